The molecule has 2 fully saturated rings. The van der Waals surface area contributed by atoms with Crippen molar-refractivity contribution in [3.8, 4) is 0 Å². The van der Waals surface area contributed by atoms with Crippen LogP contribution >= 0.6 is 0 Å². The standard InChI is InChI=1S/C14H26N2O2/c1-2-18-11-7-9-16(10-8-11)14(17)12-5-3-4-6-13(12)15/h11-13H,2-10,15H2,1H3. The van der Waals surface area contributed by atoms with Crippen LogP contribution < -0.4 is 5.73 Å². The van der Waals surface area contributed by atoms with Crippen molar-refractivity contribution in [2.75, 3.05) is 19.7 Å². The first-order valence-electron chi connectivity index (χ1n) is 7.38. The molecule has 0 aromatic rings. The van der Waals surface area contributed by atoms with Gasteiger partial charge in [-0.1, -0.05) is 12.8 Å². The summed E-state index contributed by atoms with van der Waals surface area (Å²) in [5, 5.41) is 0. The quantitative estimate of drug-likeness (QED) is 0.831. The molecule has 2 aliphatic rings. The zero-order valence-electron chi connectivity index (χ0n) is 11.4. The zero-order chi connectivity index (χ0) is 13.0. The van der Waals surface area contributed by atoms with Gasteiger partial charge in [0.15, 0.2) is 0 Å². The van der Waals surface area contributed by atoms with Crippen LogP contribution in [0.3, 0.4) is 0 Å². The molecular formula is C14H26N2O2. The maximum absolute atomic E-state index is 12.4. The fourth-order valence-corrected chi connectivity index (χ4v) is 3.18. The monoisotopic (exact) mass is 254 g/mol. The third-order valence-electron chi connectivity index (χ3n) is 4.29. The van der Waals surface area contributed by atoms with Crippen molar-refractivity contribution < 1.29 is 9.53 Å². The van der Waals surface area contributed by atoms with Crippen LogP contribution in [-0.2, 0) is 9.53 Å². The second-order valence-electron chi connectivity index (χ2n) is 5.53. The third kappa shape index (κ3) is 3.23. The number of amides is 1. The summed E-state index contributed by atoms with van der Waals surface area (Å²) in [4.78, 5) is 14.4. The highest BCUT2D eigenvalue weighted by Crippen LogP contribution is 2.26. The molecule has 2 rings (SSSR count). The summed E-state index contributed by atoms with van der Waals surface area (Å²) >= 11 is 0. The average Bonchev–Trinajstić information content (AvgIpc) is 2.40. The molecule has 1 aliphatic carbocycles. The minimum absolute atomic E-state index is 0.0717. The second-order valence-corrected chi connectivity index (χ2v) is 5.53. The fourth-order valence-electron chi connectivity index (χ4n) is 3.18. The van der Waals surface area contributed by atoms with Crippen molar-refractivity contribution in [1.29, 1.82) is 0 Å². The molecule has 4 heteroatoms. The van der Waals surface area contributed by atoms with E-state index in [-0.39, 0.29) is 17.9 Å². The first-order valence-corrected chi connectivity index (χ1v) is 7.38. The highest BCUT2D eigenvalue weighted by atomic mass is 16.5. The van der Waals surface area contributed by atoms with E-state index in [0.29, 0.717) is 6.10 Å². The normalized spacial score (nSPS) is 30.4. The van der Waals surface area contributed by atoms with E-state index in [9.17, 15) is 4.79 Å². The van der Waals surface area contributed by atoms with Crippen LogP contribution in [0, 0.1) is 5.92 Å². The molecule has 1 aliphatic heterocycles. The van der Waals surface area contributed by atoms with Crippen molar-refractivity contribution in [1.82, 2.24) is 4.90 Å². The molecule has 4 nitrogen and oxygen atoms in total. The van der Waals surface area contributed by atoms with Gasteiger partial charge in [-0.25, -0.2) is 0 Å². The molecule has 0 aromatic carbocycles. The zero-order valence-corrected chi connectivity index (χ0v) is 11.4. The summed E-state index contributed by atoms with van der Waals surface area (Å²) < 4.78 is 5.61. The predicted molar refractivity (Wildman–Crippen MR) is 71.2 cm³/mol. The summed E-state index contributed by atoms with van der Waals surface area (Å²) in [6.45, 7) is 4.48. The van der Waals surface area contributed by atoms with E-state index < -0.39 is 0 Å². The van der Waals surface area contributed by atoms with E-state index in [4.69, 9.17) is 10.5 Å². The van der Waals surface area contributed by atoms with Crippen LogP contribution in [0.2, 0.25) is 0 Å². The summed E-state index contributed by atoms with van der Waals surface area (Å²) in [6.07, 6.45) is 6.61. The number of ether oxygens (including phenoxy) is 1. The van der Waals surface area contributed by atoms with E-state index in [1.165, 1.54) is 6.42 Å². The van der Waals surface area contributed by atoms with E-state index in [0.717, 1.165) is 51.8 Å². The Morgan fingerprint density at radius 1 is 1.22 bits per heavy atom. The van der Waals surface area contributed by atoms with Gasteiger partial charge in [0, 0.05) is 25.7 Å². The third-order valence-corrected chi connectivity index (χ3v) is 4.29. The number of nitrogens with two attached hydrogens (primary N) is 1. The number of carbonyl (C=O) groups excluding carboxylic acids is 1. The Morgan fingerprint density at radius 2 is 1.89 bits per heavy atom. The molecule has 1 saturated carbocycles. The molecule has 2 unspecified atom stereocenters. The van der Waals surface area contributed by atoms with E-state index in [2.05, 4.69) is 0 Å². The highest BCUT2D eigenvalue weighted by molar-refractivity contribution is 5.79. The van der Waals surface area contributed by atoms with E-state index in [1.807, 2.05) is 11.8 Å². The van der Waals surface area contributed by atoms with Crippen molar-refractivity contribution in [3.63, 3.8) is 0 Å². The fraction of sp³-hybridized carbons (Fsp3) is 0.929. The summed E-state index contributed by atoms with van der Waals surface area (Å²) in [5.41, 5.74) is 6.09. The van der Waals surface area contributed by atoms with Gasteiger partial charge in [0.25, 0.3) is 0 Å². The van der Waals surface area contributed by atoms with E-state index >= 15 is 0 Å². The minimum Gasteiger partial charge on any atom is -0.378 e. The molecule has 1 saturated heterocycles. The first-order chi connectivity index (χ1) is 8.72. The lowest BCUT2D eigenvalue weighted by Gasteiger charge is -2.36. The Labute approximate surface area is 110 Å². The van der Waals surface area contributed by atoms with Crippen LogP contribution in [0.5, 0.6) is 0 Å². The Bertz CT molecular complexity index is 275. The first kappa shape index (κ1) is 13.8. The summed E-state index contributed by atoms with van der Waals surface area (Å²) in [6, 6.07) is 0.0795. The van der Waals surface area contributed by atoms with Gasteiger partial charge in [0.05, 0.1) is 12.0 Å². The molecule has 0 spiro atoms. The Balaban J connectivity index is 1.83. The van der Waals surface area contributed by atoms with Gasteiger partial charge in [-0.05, 0) is 32.6 Å². The number of likely N-dealkylation sites (tertiary alicyclic amines) is 1. The van der Waals surface area contributed by atoms with Crippen LogP contribution in [0.1, 0.15) is 45.4 Å². The SMILES string of the molecule is CCOC1CCN(C(=O)C2CCCCC2N)CC1. The molecule has 18 heavy (non-hydrogen) atoms. The molecule has 2 N–H and O–H groups in total. The molecule has 0 aromatic heterocycles. The number of nitrogens with zero attached hydrogens (tertiary/aromatic N) is 1. The maximum Gasteiger partial charge on any atom is 0.227 e. The lowest BCUT2D eigenvalue weighted by atomic mass is 9.84. The number of carbonyl (C=O) groups is 1. The van der Waals surface area contributed by atoms with Crippen molar-refractivity contribution in [2.45, 2.75) is 57.6 Å². The Kier molecular flexibility index (Phi) is 5.01. The maximum atomic E-state index is 12.4. The Hall–Kier alpha value is -0.610. The second kappa shape index (κ2) is 6.53. The van der Waals surface area contributed by atoms with Crippen LogP contribution in [0.15, 0.2) is 0 Å². The number of hydrogen-bond donors (Lipinski definition) is 1. The smallest absolute Gasteiger partial charge is 0.227 e. The molecule has 2 atom stereocenters. The molecule has 1 heterocycles. The molecule has 0 bridgehead atoms. The van der Waals surface area contributed by atoms with Crippen molar-refractivity contribution in [3.05, 3.63) is 0 Å². The number of piperidine rings is 1. The summed E-state index contributed by atoms with van der Waals surface area (Å²) in [5.74, 6) is 0.361. The number of hydrogen-bond acceptors (Lipinski definition) is 3. The molecule has 0 radical (unpaired) electrons. The van der Waals surface area contributed by atoms with Crippen LogP contribution in [0.25, 0.3) is 0 Å². The van der Waals surface area contributed by atoms with Crippen LogP contribution in [-0.4, -0.2) is 42.6 Å². The van der Waals surface area contributed by atoms with Gasteiger partial charge in [-0.3, -0.25) is 4.79 Å². The summed E-state index contributed by atoms with van der Waals surface area (Å²) in [7, 11) is 0. The lowest BCUT2D eigenvalue weighted by Crippen LogP contribution is -2.49. The highest BCUT2D eigenvalue weighted by Gasteiger charge is 2.33. The lowest BCUT2D eigenvalue weighted by molar-refractivity contribution is -0.139. The molecule has 104 valence electrons. The minimum atomic E-state index is 0.0717. The topological polar surface area (TPSA) is 55.6 Å². The van der Waals surface area contributed by atoms with Gasteiger partial charge in [-0.15, -0.1) is 0 Å². The van der Waals surface area contributed by atoms with Gasteiger partial charge in [0.1, 0.15) is 0 Å². The average molecular weight is 254 g/mol. The Morgan fingerprint density at radius 3 is 2.50 bits per heavy atom. The van der Waals surface area contributed by atoms with Crippen LogP contribution in [0.4, 0.5) is 0 Å². The largest absolute Gasteiger partial charge is 0.378 e. The van der Waals surface area contributed by atoms with Crippen molar-refractivity contribution in [2.24, 2.45) is 11.7 Å². The van der Waals surface area contributed by atoms with Gasteiger partial charge < -0.3 is 15.4 Å². The van der Waals surface area contributed by atoms with Crippen molar-refractivity contribution >= 4 is 5.91 Å². The molecule has 1 amide bonds. The van der Waals surface area contributed by atoms with E-state index in [1.54, 1.807) is 0 Å². The molecular weight excluding hydrogens is 228 g/mol. The van der Waals surface area contributed by atoms with Gasteiger partial charge in [-0.2, -0.15) is 0 Å². The van der Waals surface area contributed by atoms with Gasteiger partial charge in [0.2, 0.25) is 5.91 Å². The predicted octanol–water partition coefficient (Wildman–Crippen LogP) is 1.53. The van der Waals surface area contributed by atoms with Gasteiger partial charge >= 0.3 is 0 Å². The number of rotatable bonds is 3.